The highest BCUT2D eigenvalue weighted by molar-refractivity contribution is 4.75. The van der Waals surface area contributed by atoms with Crippen LogP contribution >= 0.6 is 0 Å². The lowest BCUT2D eigenvalue weighted by Crippen LogP contribution is -2.40. The number of alkyl halides is 3. The van der Waals surface area contributed by atoms with E-state index in [-0.39, 0.29) is 0 Å². The fourth-order valence-corrected chi connectivity index (χ4v) is 1.20. The number of aliphatic hydroxyl groups excluding tert-OH is 1. The molecule has 4 nitrogen and oxygen atoms in total. The van der Waals surface area contributed by atoms with Crippen molar-refractivity contribution in [3.63, 3.8) is 0 Å². The number of rotatable bonds is 5. The zero-order chi connectivity index (χ0) is 12.2. The van der Waals surface area contributed by atoms with E-state index in [0.717, 1.165) is 0 Å². The van der Waals surface area contributed by atoms with Gasteiger partial charge in [0.1, 0.15) is 0 Å². The summed E-state index contributed by atoms with van der Waals surface area (Å²) in [6.45, 7) is 0.544. The Labute approximate surface area is 91.3 Å². The lowest BCUT2D eigenvalue weighted by atomic mass is 10.3. The summed E-state index contributed by atoms with van der Waals surface area (Å²) in [5.74, 6) is 0. The van der Waals surface area contributed by atoms with E-state index in [1.54, 1.807) is 23.3 Å². The second-order valence-corrected chi connectivity index (χ2v) is 3.62. The Hall–Kier alpha value is -1.08. The minimum Gasteiger partial charge on any atom is -0.382 e. The van der Waals surface area contributed by atoms with E-state index in [9.17, 15) is 13.2 Å². The number of halogens is 3. The van der Waals surface area contributed by atoms with Gasteiger partial charge in [-0.2, -0.15) is 13.2 Å². The van der Waals surface area contributed by atoms with Crippen LogP contribution in [0.2, 0.25) is 0 Å². The molecule has 1 rings (SSSR count). The Bertz CT molecular complexity index is 299. The van der Waals surface area contributed by atoms with Crippen molar-refractivity contribution in [3.05, 3.63) is 18.7 Å². The van der Waals surface area contributed by atoms with Crippen molar-refractivity contribution in [1.29, 1.82) is 0 Å². The van der Waals surface area contributed by atoms with Crippen LogP contribution in [0.5, 0.6) is 0 Å². The highest BCUT2D eigenvalue weighted by Crippen LogP contribution is 2.20. The molecule has 1 heterocycles. The Balaban J connectivity index is 2.28. The standard InChI is InChI=1S/C9H14F3N3O/c1-14(6-8(16)9(10,11)12)4-5-15-3-2-13-7-15/h2-3,7-8,16H,4-6H2,1H3. The maximum Gasteiger partial charge on any atom is 0.415 e. The van der Waals surface area contributed by atoms with Crippen molar-refractivity contribution in [1.82, 2.24) is 14.5 Å². The van der Waals surface area contributed by atoms with Gasteiger partial charge in [-0.1, -0.05) is 0 Å². The van der Waals surface area contributed by atoms with Crippen molar-refractivity contribution in [2.75, 3.05) is 20.1 Å². The van der Waals surface area contributed by atoms with Gasteiger partial charge < -0.3 is 14.6 Å². The zero-order valence-electron chi connectivity index (χ0n) is 8.85. The number of hydrogen-bond acceptors (Lipinski definition) is 3. The summed E-state index contributed by atoms with van der Waals surface area (Å²) in [7, 11) is 1.53. The minimum absolute atomic E-state index is 0.418. The second kappa shape index (κ2) is 5.31. The molecule has 7 heteroatoms. The number of hydrogen-bond donors (Lipinski definition) is 1. The van der Waals surface area contributed by atoms with Crippen LogP contribution in [0.1, 0.15) is 0 Å². The molecule has 1 N–H and O–H groups in total. The fourth-order valence-electron chi connectivity index (χ4n) is 1.20. The van der Waals surface area contributed by atoms with Crippen molar-refractivity contribution in [2.24, 2.45) is 0 Å². The predicted molar refractivity (Wildman–Crippen MR) is 51.8 cm³/mol. The normalized spacial score (nSPS) is 14.4. The first-order valence-corrected chi connectivity index (χ1v) is 4.78. The minimum atomic E-state index is -4.55. The van der Waals surface area contributed by atoms with E-state index in [0.29, 0.717) is 13.1 Å². The summed E-state index contributed by atoms with van der Waals surface area (Å²) in [4.78, 5) is 5.24. The van der Waals surface area contributed by atoms with Gasteiger partial charge in [-0.15, -0.1) is 0 Å². The van der Waals surface area contributed by atoms with Crippen LogP contribution in [-0.4, -0.2) is 52.0 Å². The SMILES string of the molecule is CN(CCn1ccnc1)CC(O)C(F)(F)F. The van der Waals surface area contributed by atoms with Crippen LogP contribution in [0.4, 0.5) is 13.2 Å². The van der Waals surface area contributed by atoms with Gasteiger partial charge in [-0.25, -0.2) is 4.98 Å². The van der Waals surface area contributed by atoms with Crippen LogP contribution in [0.25, 0.3) is 0 Å². The Morgan fingerprint density at radius 2 is 2.19 bits per heavy atom. The average molecular weight is 237 g/mol. The van der Waals surface area contributed by atoms with Crippen molar-refractivity contribution >= 4 is 0 Å². The first-order chi connectivity index (χ1) is 7.39. The molecule has 0 aliphatic carbocycles. The molecule has 0 spiro atoms. The van der Waals surface area contributed by atoms with Crippen molar-refractivity contribution < 1.29 is 18.3 Å². The van der Waals surface area contributed by atoms with Gasteiger partial charge in [0.25, 0.3) is 0 Å². The largest absolute Gasteiger partial charge is 0.415 e. The summed E-state index contributed by atoms with van der Waals surface area (Å²) in [5.41, 5.74) is 0. The van der Waals surface area contributed by atoms with Crippen LogP contribution in [-0.2, 0) is 6.54 Å². The van der Waals surface area contributed by atoms with Crippen molar-refractivity contribution in [2.45, 2.75) is 18.8 Å². The molecule has 0 aliphatic heterocycles. The third kappa shape index (κ3) is 4.19. The maximum atomic E-state index is 12.0. The molecule has 16 heavy (non-hydrogen) atoms. The van der Waals surface area contributed by atoms with E-state index >= 15 is 0 Å². The quantitative estimate of drug-likeness (QED) is 0.821. The number of imidazole rings is 1. The molecule has 1 aromatic rings. The van der Waals surface area contributed by atoms with Crippen molar-refractivity contribution in [3.8, 4) is 0 Å². The molecule has 0 saturated carbocycles. The first kappa shape index (κ1) is 13.0. The lowest BCUT2D eigenvalue weighted by Gasteiger charge is -2.22. The molecule has 92 valence electrons. The second-order valence-electron chi connectivity index (χ2n) is 3.62. The predicted octanol–water partition coefficient (Wildman–Crippen LogP) is 0.738. The van der Waals surface area contributed by atoms with Crippen LogP contribution in [0.15, 0.2) is 18.7 Å². The first-order valence-electron chi connectivity index (χ1n) is 4.78. The van der Waals surface area contributed by atoms with E-state index in [4.69, 9.17) is 5.11 Å². The summed E-state index contributed by atoms with van der Waals surface area (Å²) in [6, 6.07) is 0. The van der Waals surface area contributed by atoms with Gasteiger partial charge in [-0.05, 0) is 7.05 Å². The van der Waals surface area contributed by atoms with E-state index < -0.39 is 18.8 Å². The fraction of sp³-hybridized carbons (Fsp3) is 0.667. The lowest BCUT2D eigenvalue weighted by molar-refractivity contribution is -0.207. The van der Waals surface area contributed by atoms with E-state index in [1.807, 2.05) is 0 Å². The smallest absolute Gasteiger partial charge is 0.382 e. The van der Waals surface area contributed by atoms with E-state index in [2.05, 4.69) is 4.98 Å². The Kier molecular flexibility index (Phi) is 4.31. The molecule has 1 unspecified atom stereocenters. The van der Waals surface area contributed by atoms with Crippen LogP contribution in [0.3, 0.4) is 0 Å². The number of aliphatic hydroxyl groups is 1. The van der Waals surface area contributed by atoms with Gasteiger partial charge in [-0.3, -0.25) is 0 Å². The third-order valence-corrected chi connectivity index (χ3v) is 2.16. The van der Waals surface area contributed by atoms with Gasteiger partial charge in [0, 0.05) is 32.0 Å². The summed E-state index contributed by atoms with van der Waals surface area (Å²) >= 11 is 0. The topological polar surface area (TPSA) is 41.3 Å². The summed E-state index contributed by atoms with van der Waals surface area (Å²) in [6.07, 6.45) is -1.92. The average Bonchev–Trinajstić information content (AvgIpc) is 2.65. The molecule has 0 fully saturated rings. The number of likely N-dealkylation sites (N-methyl/N-ethyl adjacent to an activating group) is 1. The molecule has 0 radical (unpaired) electrons. The maximum absolute atomic E-state index is 12.0. The zero-order valence-corrected chi connectivity index (χ0v) is 8.85. The van der Waals surface area contributed by atoms with Gasteiger partial charge in [0.2, 0.25) is 0 Å². The van der Waals surface area contributed by atoms with Gasteiger partial charge in [0.15, 0.2) is 6.10 Å². The van der Waals surface area contributed by atoms with Gasteiger partial charge >= 0.3 is 6.18 Å². The molecule has 0 saturated heterocycles. The van der Waals surface area contributed by atoms with Gasteiger partial charge in [0.05, 0.1) is 6.33 Å². The highest BCUT2D eigenvalue weighted by atomic mass is 19.4. The number of nitrogens with zero attached hydrogens (tertiary/aromatic N) is 3. The molecule has 1 aromatic heterocycles. The highest BCUT2D eigenvalue weighted by Gasteiger charge is 2.38. The molecular weight excluding hydrogens is 223 g/mol. The monoisotopic (exact) mass is 237 g/mol. The molecule has 1 atom stereocenters. The Morgan fingerprint density at radius 1 is 1.50 bits per heavy atom. The Morgan fingerprint density at radius 3 is 2.69 bits per heavy atom. The molecule has 0 aliphatic rings. The number of aromatic nitrogens is 2. The summed E-state index contributed by atoms with van der Waals surface area (Å²) in [5, 5.41) is 8.83. The van der Waals surface area contributed by atoms with Crippen LogP contribution < -0.4 is 0 Å². The summed E-state index contributed by atoms with van der Waals surface area (Å²) < 4.78 is 37.9. The molecule has 0 bridgehead atoms. The molecule has 0 amide bonds. The molecular formula is C9H14F3N3O. The van der Waals surface area contributed by atoms with Crippen LogP contribution in [0, 0.1) is 0 Å². The molecule has 0 aromatic carbocycles. The third-order valence-electron chi connectivity index (χ3n) is 2.16. The van der Waals surface area contributed by atoms with E-state index in [1.165, 1.54) is 11.9 Å².